The van der Waals surface area contributed by atoms with Crippen LogP contribution in [0.25, 0.3) is 0 Å². The van der Waals surface area contributed by atoms with Gasteiger partial charge >= 0.3 is 0 Å². The van der Waals surface area contributed by atoms with Crippen molar-refractivity contribution in [3.05, 3.63) is 0 Å². The molecule has 1 saturated carbocycles. The highest BCUT2D eigenvalue weighted by Crippen LogP contribution is 2.30. The van der Waals surface area contributed by atoms with Crippen LogP contribution in [0.4, 0.5) is 0 Å². The Hall–Kier alpha value is -0.120. The molecule has 0 heterocycles. The Labute approximate surface area is 133 Å². The fraction of sp³-hybridized carbons (Fsp3) is 1.00. The van der Waals surface area contributed by atoms with Crippen molar-refractivity contribution in [2.45, 2.75) is 65.5 Å². The standard InChI is InChI=1S/C18H39N3/c1-7-11-19-18-10-9-15(3)12-17(18)14-21(8-2)16(4)13-20(5)6/h15-19H,7-14H2,1-6H3. The van der Waals surface area contributed by atoms with E-state index in [0.29, 0.717) is 6.04 Å². The van der Waals surface area contributed by atoms with Gasteiger partial charge in [0.1, 0.15) is 0 Å². The van der Waals surface area contributed by atoms with Gasteiger partial charge in [-0.3, -0.25) is 4.90 Å². The zero-order chi connectivity index (χ0) is 15.8. The van der Waals surface area contributed by atoms with Crippen LogP contribution in [-0.4, -0.2) is 62.2 Å². The summed E-state index contributed by atoms with van der Waals surface area (Å²) in [7, 11) is 4.36. The first kappa shape index (κ1) is 18.9. The summed E-state index contributed by atoms with van der Waals surface area (Å²) in [5.41, 5.74) is 0. The highest BCUT2D eigenvalue weighted by molar-refractivity contribution is 4.86. The Morgan fingerprint density at radius 3 is 2.48 bits per heavy atom. The van der Waals surface area contributed by atoms with Crippen molar-refractivity contribution in [3.63, 3.8) is 0 Å². The molecule has 0 radical (unpaired) electrons. The summed E-state index contributed by atoms with van der Waals surface area (Å²) in [5, 5.41) is 3.81. The van der Waals surface area contributed by atoms with Gasteiger partial charge in [-0.25, -0.2) is 0 Å². The van der Waals surface area contributed by atoms with E-state index in [0.717, 1.165) is 24.4 Å². The third-order valence-corrected chi connectivity index (χ3v) is 5.03. The third-order valence-electron chi connectivity index (χ3n) is 5.03. The summed E-state index contributed by atoms with van der Waals surface area (Å²) in [6.07, 6.45) is 5.41. The van der Waals surface area contributed by atoms with Gasteiger partial charge in [-0.1, -0.05) is 20.8 Å². The van der Waals surface area contributed by atoms with Gasteiger partial charge in [0, 0.05) is 25.2 Å². The van der Waals surface area contributed by atoms with Crippen molar-refractivity contribution in [1.82, 2.24) is 15.1 Å². The minimum atomic E-state index is 0.647. The highest BCUT2D eigenvalue weighted by atomic mass is 15.2. The van der Waals surface area contributed by atoms with Crippen LogP contribution in [0, 0.1) is 11.8 Å². The Morgan fingerprint density at radius 1 is 1.19 bits per heavy atom. The maximum atomic E-state index is 3.81. The predicted molar refractivity (Wildman–Crippen MR) is 93.8 cm³/mol. The molecule has 0 aromatic heterocycles. The molecule has 3 nitrogen and oxygen atoms in total. The van der Waals surface area contributed by atoms with Crippen molar-refractivity contribution in [3.8, 4) is 0 Å². The summed E-state index contributed by atoms with van der Waals surface area (Å²) in [5.74, 6) is 1.72. The molecule has 0 bridgehead atoms. The lowest BCUT2D eigenvalue weighted by Crippen LogP contribution is -2.49. The van der Waals surface area contributed by atoms with Gasteiger partial charge in [0.25, 0.3) is 0 Å². The van der Waals surface area contributed by atoms with Crippen LogP contribution >= 0.6 is 0 Å². The SMILES string of the molecule is CCCNC1CCC(C)CC1CN(CC)C(C)CN(C)C. The zero-order valence-electron chi connectivity index (χ0n) is 15.4. The van der Waals surface area contributed by atoms with Gasteiger partial charge in [0.05, 0.1) is 0 Å². The maximum absolute atomic E-state index is 3.81. The summed E-state index contributed by atoms with van der Waals surface area (Å²) in [6.45, 7) is 14.2. The number of likely N-dealkylation sites (N-methyl/N-ethyl adjacent to an activating group) is 2. The van der Waals surface area contributed by atoms with E-state index < -0.39 is 0 Å². The van der Waals surface area contributed by atoms with Gasteiger partial charge in [-0.05, 0) is 71.6 Å². The molecule has 21 heavy (non-hydrogen) atoms. The van der Waals surface area contributed by atoms with Crippen LogP contribution < -0.4 is 5.32 Å². The van der Waals surface area contributed by atoms with E-state index in [-0.39, 0.29) is 0 Å². The molecule has 0 spiro atoms. The van der Waals surface area contributed by atoms with Crippen LogP contribution in [-0.2, 0) is 0 Å². The average Bonchev–Trinajstić information content (AvgIpc) is 2.42. The summed E-state index contributed by atoms with van der Waals surface area (Å²) < 4.78 is 0. The van der Waals surface area contributed by atoms with Crippen LogP contribution in [0.3, 0.4) is 0 Å². The molecule has 1 aliphatic carbocycles. The molecule has 126 valence electrons. The van der Waals surface area contributed by atoms with E-state index in [1.807, 2.05) is 0 Å². The first-order valence-electron chi connectivity index (χ1n) is 9.10. The molecule has 1 rings (SSSR count). The number of rotatable bonds is 9. The van der Waals surface area contributed by atoms with Crippen molar-refractivity contribution in [1.29, 1.82) is 0 Å². The fourth-order valence-corrected chi connectivity index (χ4v) is 3.86. The lowest BCUT2D eigenvalue weighted by Gasteiger charge is -2.40. The van der Waals surface area contributed by atoms with Gasteiger partial charge in [0.2, 0.25) is 0 Å². The monoisotopic (exact) mass is 297 g/mol. The second-order valence-corrected chi connectivity index (χ2v) is 7.44. The molecule has 0 saturated heterocycles. The number of nitrogens with zero attached hydrogens (tertiary/aromatic N) is 2. The molecule has 0 aromatic rings. The van der Waals surface area contributed by atoms with E-state index >= 15 is 0 Å². The van der Waals surface area contributed by atoms with Gasteiger partial charge in [0.15, 0.2) is 0 Å². The van der Waals surface area contributed by atoms with Crippen molar-refractivity contribution in [2.24, 2.45) is 11.8 Å². The Morgan fingerprint density at radius 2 is 1.90 bits per heavy atom. The van der Waals surface area contributed by atoms with E-state index in [9.17, 15) is 0 Å². The van der Waals surface area contributed by atoms with Crippen LogP contribution in [0.5, 0.6) is 0 Å². The van der Waals surface area contributed by atoms with E-state index in [1.165, 1.54) is 45.3 Å². The normalized spacial score (nSPS) is 28.3. The second kappa shape index (κ2) is 9.81. The van der Waals surface area contributed by atoms with Gasteiger partial charge in [-0.15, -0.1) is 0 Å². The summed E-state index contributed by atoms with van der Waals surface area (Å²) in [6, 6.07) is 1.39. The minimum absolute atomic E-state index is 0.647. The number of hydrogen-bond donors (Lipinski definition) is 1. The fourth-order valence-electron chi connectivity index (χ4n) is 3.86. The lowest BCUT2D eigenvalue weighted by molar-refractivity contribution is 0.111. The summed E-state index contributed by atoms with van der Waals surface area (Å²) >= 11 is 0. The molecule has 3 heteroatoms. The molecular formula is C18H39N3. The number of nitrogens with one attached hydrogen (secondary N) is 1. The molecule has 1 fully saturated rings. The minimum Gasteiger partial charge on any atom is -0.314 e. The van der Waals surface area contributed by atoms with Crippen molar-refractivity contribution < 1.29 is 0 Å². The Bertz CT molecular complexity index is 265. The first-order valence-corrected chi connectivity index (χ1v) is 9.10. The van der Waals surface area contributed by atoms with Gasteiger partial charge in [-0.2, -0.15) is 0 Å². The molecule has 0 amide bonds. The molecular weight excluding hydrogens is 258 g/mol. The van der Waals surface area contributed by atoms with E-state index in [4.69, 9.17) is 0 Å². The first-order chi connectivity index (χ1) is 9.97. The van der Waals surface area contributed by atoms with E-state index in [2.05, 4.69) is 56.9 Å². The third kappa shape index (κ3) is 6.66. The van der Waals surface area contributed by atoms with E-state index in [1.54, 1.807) is 0 Å². The van der Waals surface area contributed by atoms with Crippen LogP contribution in [0.1, 0.15) is 53.4 Å². The molecule has 0 aliphatic heterocycles. The van der Waals surface area contributed by atoms with Crippen LogP contribution in [0.2, 0.25) is 0 Å². The zero-order valence-corrected chi connectivity index (χ0v) is 15.4. The van der Waals surface area contributed by atoms with Gasteiger partial charge < -0.3 is 10.2 Å². The summed E-state index contributed by atoms with van der Waals surface area (Å²) in [4.78, 5) is 4.99. The van der Waals surface area contributed by atoms with Crippen molar-refractivity contribution >= 4 is 0 Å². The molecule has 1 N–H and O–H groups in total. The topological polar surface area (TPSA) is 18.5 Å². The quantitative estimate of drug-likeness (QED) is 0.705. The average molecular weight is 298 g/mol. The van der Waals surface area contributed by atoms with Crippen LogP contribution in [0.15, 0.2) is 0 Å². The molecule has 4 unspecified atom stereocenters. The lowest BCUT2D eigenvalue weighted by atomic mass is 9.78. The number of hydrogen-bond acceptors (Lipinski definition) is 3. The maximum Gasteiger partial charge on any atom is 0.0194 e. The second-order valence-electron chi connectivity index (χ2n) is 7.44. The Balaban J connectivity index is 2.59. The predicted octanol–water partition coefficient (Wildman–Crippen LogP) is 3.06. The molecule has 1 aliphatic rings. The molecule has 0 aromatic carbocycles. The highest BCUT2D eigenvalue weighted by Gasteiger charge is 2.30. The Kier molecular flexibility index (Phi) is 8.84. The largest absolute Gasteiger partial charge is 0.314 e. The smallest absolute Gasteiger partial charge is 0.0194 e. The molecule has 4 atom stereocenters. The van der Waals surface area contributed by atoms with Crippen molar-refractivity contribution in [2.75, 3.05) is 40.3 Å².